The van der Waals surface area contributed by atoms with Gasteiger partial charge in [0.15, 0.2) is 0 Å². The number of hydrogen-bond donors (Lipinski definition) is 1. The van der Waals surface area contributed by atoms with E-state index in [-0.39, 0.29) is 5.41 Å². The monoisotopic (exact) mass is 289 g/mol. The van der Waals surface area contributed by atoms with Crippen LogP contribution in [0.4, 0.5) is 0 Å². The number of phenolic OH excluding ortho intramolecular Hbond substituents is 1. The number of phenols is 1. The van der Waals surface area contributed by atoms with Gasteiger partial charge < -0.3 is 9.84 Å². The molecule has 0 spiro atoms. The molecule has 3 nitrogen and oxygen atoms in total. The standard InChI is InChI=1S/C18H27NO2/c1-18(2,3)16-11-15(21-4)10-13(17(16)20)12-19-14-8-6-5-7-9-14/h10-12,14,20H,5-9H2,1-4H3. The summed E-state index contributed by atoms with van der Waals surface area (Å²) >= 11 is 0. The first-order valence-electron chi connectivity index (χ1n) is 7.86. The number of ether oxygens (including phenoxy) is 1. The van der Waals surface area contributed by atoms with E-state index in [0.29, 0.717) is 11.8 Å². The Kier molecular flexibility index (Phi) is 4.92. The van der Waals surface area contributed by atoms with E-state index in [1.807, 2.05) is 18.3 Å². The van der Waals surface area contributed by atoms with Crippen LogP contribution in [-0.4, -0.2) is 24.5 Å². The Morgan fingerprint density at radius 3 is 2.43 bits per heavy atom. The van der Waals surface area contributed by atoms with Gasteiger partial charge in [0, 0.05) is 23.4 Å². The summed E-state index contributed by atoms with van der Waals surface area (Å²) in [4.78, 5) is 4.67. The first kappa shape index (κ1) is 15.9. The topological polar surface area (TPSA) is 41.8 Å². The van der Waals surface area contributed by atoms with Crippen LogP contribution in [0, 0.1) is 0 Å². The second-order valence-corrected chi connectivity index (χ2v) is 6.93. The highest BCUT2D eigenvalue weighted by Gasteiger charge is 2.21. The highest BCUT2D eigenvalue weighted by atomic mass is 16.5. The van der Waals surface area contributed by atoms with Gasteiger partial charge in [0.1, 0.15) is 11.5 Å². The van der Waals surface area contributed by atoms with Gasteiger partial charge in [-0.05, 0) is 30.4 Å². The van der Waals surface area contributed by atoms with E-state index in [0.717, 1.165) is 29.7 Å². The number of nitrogens with zero attached hydrogens (tertiary/aromatic N) is 1. The molecule has 0 atom stereocenters. The zero-order valence-corrected chi connectivity index (χ0v) is 13.6. The van der Waals surface area contributed by atoms with Gasteiger partial charge in [-0.1, -0.05) is 40.0 Å². The molecule has 1 fully saturated rings. The van der Waals surface area contributed by atoms with E-state index in [2.05, 4.69) is 25.8 Å². The van der Waals surface area contributed by atoms with E-state index in [9.17, 15) is 5.11 Å². The maximum atomic E-state index is 10.5. The Morgan fingerprint density at radius 1 is 1.19 bits per heavy atom. The van der Waals surface area contributed by atoms with Crippen molar-refractivity contribution in [3.63, 3.8) is 0 Å². The highest BCUT2D eigenvalue weighted by molar-refractivity contribution is 5.85. The van der Waals surface area contributed by atoms with E-state index in [1.165, 1.54) is 19.3 Å². The summed E-state index contributed by atoms with van der Waals surface area (Å²) in [6.45, 7) is 6.26. The number of methoxy groups -OCH3 is 1. The third kappa shape index (κ3) is 3.99. The van der Waals surface area contributed by atoms with E-state index in [4.69, 9.17) is 4.74 Å². The predicted octanol–water partition coefficient (Wildman–Crippen LogP) is 4.45. The lowest BCUT2D eigenvalue weighted by atomic mass is 9.85. The van der Waals surface area contributed by atoms with Crippen LogP contribution in [0.2, 0.25) is 0 Å². The summed E-state index contributed by atoms with van der Waals surface area (Å²) in [6, 6.07) is 4.17. The minimum absolute atomic E-state index is 0.133. The predicted molar refractivity (Wildman–Crippen MR) is 87.8 cm³/mol. The molecule has 0 radical (unpaired) electrons. The smallest absolute Gasteiger partial charge is 0.128 e. The first-order valence-corrected chi connectivity index (χ1v) is 7.86. The molecule has 0 amide bonds. The fourth-order valence-corrected chi connectivity index (χ4v) is 2.83. The average molecular weight is 289 g/mol. The molecule has 0 unspecified atom stereocenters. The lowest BCUT2D eigenvalue weighted by molar-refractivity contribution is 0.405. The molecule has 0 heterocycles. The van der Waals surface area contributed by atoms with Gasteiger partial charge in [-0.2, -0.15) is 0 Å². The van der Waals surface area contributed by atoms with Gasteiger partial charge in [0.2, 0.25) is 0 Å². The molecule has 1 aromatic carbocycles. The third-order valence-corrected chi connectivity index (χ3v) is 4.16. The van der Waals surface area contributed by atoms with Crippen LogP contribution in [0.1, 0.15) is 64.0 Å². The van der Waals surface area contributed by atoms with Crippen LogP contribution >= 0.6 is 0 Å². The molecule has 0 aliphatic heterocycles. The van der Waals surface area contributed by atoms with Crippen molar-refractivity contribution in [1.82, 2.24) is 0 Å². The number of aromatic hydroxyl groups is 1. The van der Waals surface area contributed by atoms with E-state index < -0.39 is 0 Å². The fraction of sp³-hybridized carbons (Fsp3) is 0.611. The van der Waals surface area contributed by atoms with Crippen LogP contribution in [0.3, 0.4) is 0 Å². The summed E-state index contributed by atoms with van der Waals surface area (Å²) < 4.78 is 5.36. The van der Waals surface area contributed by atoms with Gasteiger partial charge in [0.05, 0.1) is 7.11 Å². The molecule has 0 aromatic heterocycles. The van der Waals surface area contributed by atoms with Crippen molar-refractivity contribution < 1.29 is 9.84 Å². The Bertz CT molecular complexity index is 509. The number of hydrogen-bond acceptors (Lipinski definition) is 3. The molecular formula is C18H27NO2. The molecule has 1 aromatic rings. The van der Waals surface area contributed by atoms with Crippen molar-refractivity contribution in [2.45, 2.75) is 64.3 Å². The first-order chi connectivity index (χ1) is 9.91. The summed E-state index contributed by atoms with van der Waals surface area (Å²) in [6.07, 6.45) is 7.99. The Labute approximate surface area is 128 Å². The number of rotatable bonds is 3. The summed E-state index contributed by atoms with van der Waals surface area (Å²) in [5, 5.41) is 10.5. The number of aliphatic imine (C=N–C) groups is 1. The van der Waals surface area contributed by atoms with E-state index in [1.54, 1.807) is 7.11 Å². The molecule has 1 aliphatic carbocycles. The van der Waals surface area contributed by atoms with Crippen molar-refractivity contribution in [3.05, 3.63) is 23.3 Å². The maximum absolute atomic E-state index is 10.5. The largest absolute Gasteiger partial charge is 0.507 e. The van der Waals surface area contributed by atoms with Gasteiger partial charge in [-0.25, -0.2) is 0 Å². The summed E-state index contributed by atoms with van der Waals surface area (Å²) in [7, 11) is 1.65. The summed E-state index contributed by atoms with van der Waals surface area (Å²) in [5.74, 6) is 1.09. The molecule has 1 aliphatic rings. The van der Waals surface area contributed by atoms with E-state index >= 15 is 0 Å². The maximum Gasteiger partial charge on any atom is 0.128 e. The van der Waals surface area contributed by atoms with Crippen molar-refractivity contribution >= 4 is 6.21 Å². The Hall–Kier alpha value is -1.51. The number of benzene rings is 1. The zero-order valence-electron chi connectivity index (χ0n) is 13.6. The Balaban J connectivity index is 2.31. The van der Waals surface area contributed by atoms with Crippen LogP contribution in [-0.2, 0) is 5.41 Å². The second kappa shape index (κ2) is 6.50. The lowest BCUT2D eigenvalue weighted by Gasteiger charge is -2.22. The summed E-state index contributed by atoms with van der Waals surface area (Å²) in [5.41, 5.74) is 1.52. The van der Waals surface area contributed by atoms with Gasteiger partial charge in [-0.3, -0.25) is 4.99 Å². The van der Waals surface area contributed by atoms with Gasteiger partial charge in [-0.15, -0.1) is 0 Å². The second-order valence-electron chi connectivity index (χ2n) is 6.93. The molecule has 21 heavy (non-hydrogen) atoms. The van der Waals surface area contributed by atoms with Crippen LogP contribution in [0.5, 0.6) is 11.5 Å². The van der Waals surface area contributed by atoms with Crippen LogP contribution in [0.15, 0.2) is 17.1 Å². The van der Waals surface area contributed by atoms with Crippen molar-refractivity contribution in [2.75, 3.05) is 7.11 Å². The fourth-order valence-electron chi connectivity index (χ4n) is 2.83. The van der Waals surface area contributed by atoms with Crippen molar-refractivity contribution in [3.8, 4) is 11.5 Å². The van der Waals surface area contributed by atoms with Crippen LogP contribution < -0.4 is 4.74 Å². The molecule has 0 saturated heterocycles. The average Bonchev–Trinajstić information content (AvgIpc) is 2.46. The molecule has 2 rings (SSSR count). The van der Waals surface area contributed by atoms with Crippen molar-refractivity contribution in [1.29, 1.82) is 0 Å². The van der Waals surface area contributed by atoms with Gasteiger partial charge >= 0.3 is 0 Å². The molecule has 116 valence electrons. The molecule has 3 heteroatoms. The highest BCUT2D eigenvalue weighted by Crippen LogP contribution is 2.36. The molecule has 1 saturated carbocycles. The quantitative estimate of drug-likeness (QED) is 0.835. The SMILES string of the molecule is COc1cc(C=NC2CCCCC2)c(O)c(C(C)(C)C)c1. The zero-order chi connectivity index (χ0) is 15.5. The Morgan fingerprint density at radius 2 is 1.86 bits per heavy atom. The molecule has 0 bridgehead atoms. The van der Waals surface area contributed by atoms with Gasteiger partial charge in [0.25, 0.3) is 0 Å². The third-order valence-electron chi connectivity index (χ3n) is 4.16. The normalized spacial score (nSPS) is 17.3. The molecule has 1 N–H and O–H groups in total. The molecular weight excluding hydrogens is 262 g/mol. The lowest BCUT2D eigenvalue weighted by Crippen LogP contribution is -2.13. The minimum atomic E-state index is -0.133. The minimum Gasteiger partial charge on any atom is -0.507 e. The van der Waals surface area contributed by atoms with Crippen molar-refractivity contribution in [2.24, 2.45) is 4.99 Å². The van der Waals surface area contributed by atoms with Crippen LogP contribution in [0.25, 0.3) is 0 Å².